The molecule has 0 unspecified atom stereocenters. The van der Waals surface area contributed by atoms with Crippen LogP contribution in [0.5, 0.6) is 11.5 Å². The van der Waals surface area contributed by atoms with Gasteiger partial charge in [-0.3, -0.25) is 9.59 Å². The van der Waals surface area contributed by atoms with Gasteiger partial charge in [0.2, 0.25) is 5.91 Å². The lowest BCUT2D eigenvalue weighted by Crippen LogP contribution is -2.37. The van der Waals surface area contributed by atoms with Crippen LogP contribution in [0.3, 0.4) is 0 Å². The van der Waals surface area contributed by atoms with Crippen LogP contribution in [0, 0.1) is 13.8 Å². The van der Waals surface area contributed by atoms with Gasteiger partial charge in [0, 0.05) is 11.8 Å². The van der Waals surface area contributed by atoms with Gasteiger partial charge in [-0.05, 0) is 65.8 Å². The van der Waals surface area contributed by atoms with Crippen molar-refractivity contribution in [3.63, 3.8) is 0 Å². The molecule has 0 saturated heterocycles. The maximum Gasteiger partial charge on any atom is 0.305 e. The molecule has 0 aliphatic heterocycles. The molecule has 3 rings (SSSR count). The number of nitrogens with two attached hydrogens (primary N) is 1. The fourth-order valence-corrected chi connectivity index (χ4v) is 4.06. The van der Waals surface area contributed by atoms with Gasteiger partial charge in [-0.2, -0.15) is 4.37 Å². The molecule has 0 aliphatic rings. The first-order valence-electron chi connectivity index (χ1n) is 9.82. The highest BCUT2D eigenvalue weighted by Gasteiger charge is 2.20. The van der Waals surface area contributed by atoms with E-state index in [1.54, 1.807) is 25.4 Å². The van der Waals surface area contributed by atoms with E-state index in [1.807, 2.05) is 26.0 Å². The number of carbonyl (C=O) groups excluding carboxylic acids is 1. The van der Waals surface area contributed by atoms with Crippen LogP contribution in [0.4, 0.5) is 5.69 Å². The zero-order valence-corrected chi connectivity index (χ0v) is 19.1. The highest BCUT2D eigenvalue weighted by molar-refractivity contribution is 7.10. The summed E-state index contributed by atoms with van der Waals surface area (Å²) in [5.41, 5.74) is 10.9. The van der Waals surface area contributed by atoms with Crippen molar-refractivity contribution in [3.8, 4) is 33.1 Å². The Labute approximate surface area is 190 Å². The summed E-state index contributed by atoms with van der Waals surface area (Å²) in [5, 5.41) is 11.6. The van der Waals surface area contributed by atoms with Gasteiger partial charge >= 0.3 is 5.97 Å². The van der Waals surface area contributed by atoms with E-state index in [-0.39, 0.29) is 0 Å². The summed E-state index contributed by atoms with van der Waals surface area (Å²) < 4.78 is 15.2. The topological polar surface area (TPSA) is 124 Å². The molecule has 1 atom stereocenters. The molecule has 0 bridgehead atoms. The average molecular weight is 456 g/mol. The van der Waals surface area contributed by atoms with Crippen LogP contribution in [0.2, 0.25) is 0 Å². The predicted octanol–water partition coefficient (Wildman–Crippen LogP) is 3.85. The molecule has 168 valence electrons. The van der Waals surface area contributed by atoms with Crippen LogP contribution < -0.4 is 20.5 Å². The highest BCUT2D eigenvalue weighted by Crippen LogP contribution is 2.40. The van der Waals surface area contributed by atoms with Crippen LogP contribution in [0.1, 0.15) is 17.5 Å². The first-order chi connectivity index (χ1) is 15.2. The molecule has 0 saturated carbocycles. The largest absolute Gasteiger partial charge is 0.496 e. The first kappa shape index (κ1) is 23.2. The number of carboxylic acids is 1. The number of benzene rings is 2. The van der Waals surface area contributed by atoms with Crippen LogP contribution in [-0.4, -0.2) is 41.6 Å². The number of carbonyl (C=O) groups is 2. The summed E-state index contributed by atoms with van der Waals surface area (Å²) in [7, 11) is 3.13. The maximum atomic E-state index is 12.4. The van der Waals surface area contributed by atoms with Crippen LogP contribution in [-0.2, 0) is 9.59 Å². The number of aliphatic carboxylic acids is 1. The van der Waals surface area contributed by atoms with Gasteiger partial charge < -0.3 is 25.6 Å². The Morgan fingerprint density at radius 2 is 1.84 bits per heavy atom. The van der Waals surface area contributed by atoms with Gasteiger partial charge in [-0.1, -0.05) is 12.1 Å². The van der Waals surface area contributed by atoms with Gasteiger partial charge in [0.1, 0.15) is 11.5 Å². The van der Waals surface area contributed by atoms with Gasteiger partial charge in [0.05, 0.1) is 37.2 Å². The molecule has 0 spiro atoms. The normalized spacial score (nSPS) is 11.7. The van der Waals surface area contributed by atoms with E-state index in [2.05, 4.69) is 15.8 Å². The van der Waals surface area contributed by atoms with Gasteiger partial charge in [-0.15, -0.1) is 0 Å². The SMILES string of the molecule is COc1ccc(-c2cnsc2-c2cc(C)c(C)c(OC)c2)cc1NC(=O)[C@H](N)CC(=O)O. The molecule has 1 amide bonds. The summed E-state index contributed by atoms with van der Waals surface area (Å²) in [4.78, 5) is 24.2. The summed E-state index contributed by atoms with van der Waals surface area (Å²) in [5.74, 6) is -0.520. The number of amides is 1. The summed E-state index contributed by atoms with van der Waals surface area (Å²) in [6.45, 7) is 4.04. The van der Waals surface area contributed by atoms with Gasteiger partial charge in [-0.25, -0.2) is 0 Å². The quantitative estimate of drug-likeness (QED) is 0.471. The Morgan fingerprint density at radius 1 is 1.12 bits per heavy atom. The summed E-state index contributed by atoms with van der Waals surface area (Å²) in [6, 6.07) is 8.26. The molecular weight excluding hydrogens is 430 g/mol. The average Bonchev–Trinajstić information content (AvgIpc) is 3.25. The highest BCUT2D eigenvalue weighted by atomic mass is 32.1. The van der Waals surface area contributed by atoms with Crippen molar-refractivity contribution in [1.29, 1.82) is 0 Å². The lowest BCUT2D eigenvalue weighted by Gasteiger charge is -2.15. The number of hydrogen-bond acceptors (Lipinski definition) is 7. The lowest BCUT2D eigenvalue weighted by atomic mass is 9.99. The molecular formula is C23H25N3O5S. The molecule has 1 heterocycles. The summed E-state index contributed by atoms with van der Waals surface area (Å²) >= 11 is 1.36. The maximum absolute atomic E-state index is 12.4. The number of methoxy groups -OCH3 is 2. The standard InChI is InChI=1S/C23H25N3O5S/c1-12-7-15(9-20(31-4)13(12)2)22-16(11-25-32-22)14-5-6-19(30-3)18(8-14)26-23(29)17(24)10-21(27)28/h5-9,11,17H,10,24H2,1-4H3,(H,26,29)(H,27,28)/t17-/m1/s1. The van der Waals surface area contributed by atoms with E-state index in [0.717, 1.165) is 38.4 Å². The molecule has 9 heteroatoms. The van der Waals surface area contributed by atoms with Crippen molar-refractivity contribution < 1.29 is 24.2 Å². The van der Waals surface area contributed by atoms with Crippen molar-refractivity contribution in [1.82, 2.24) is 4.37 Å². The number of nitrogens with one attached hydrogen (secondary N) is 1. The third-order valence-corrected chi connectivity index (χ3v) is 6.02. The molecule has 4 N–H and O–H groups in total. The second-order valence-corrected chi connectivity index (χ2v) is 8.10. The third kappa shape index (κ3) is 4.90. The zero-order chi connectivity index (χ0) is 23.4. The van der Waals surface area contributed by atoms with Crippen molar-refractivity contribution >= 4 is 29.1 Å². The van der Waals surface area contributed by atoms with Gasteiger partial charge in [0.25, 0.3) is 0 Å². The van der Waals surface area contributed by atoms with Crippen molar-refractivity contribution in [2.75, 3.05) is 19.5 Å². The molecule has 1 aromatic heterocycles. The number of ether oxygens (including phenoxy) is 2. The number of rotatable bonds is 8. The number of aryl methyl sites for hydroxylation is 1. The van der Waals surface area contributed by atoms with E-state index in [4.69, 9.17) is 20.3 Å². The van der Waals surface area contributed by atoms with E-state index < -0.39 is 24.3 Å². The van der Waals surface area contributed by atoms with E-state index in [1.165, 1.54) is 18.6 Å². The minimum atomic E-state index is -1.18. The lowest BCUT2D eigenvalue weighted by molar-refractivity contribution is -0.138. The van der Waals surface area contributed by atoms with Crippen LogP contribution in [0.25, 0.3) is 21.6 Å². The molecule has 2 aromatic carbocycles. The zero-order valence-electron chi connectivity index (χ0n) is 18.3. The molecule has 3 aromatic rings. The number of hydrogen-bond donors (Lipinski definition) is 3. The Balaban J connectivity index is 2.00. The van der Waals surface area contributed by atoms with E-state index in [0.29, 0.717) is 11.4 Å². The van der Waals surface area contributed by atoms with Crippen LogP contribution >= 0.6 is 11.5 Å². The molecule has 0 fully saturated rings. The van der Waals surface area contributed by atoms with Crippen molar-refractivity contribution in [3.05, 3.63) is 47.7 Å². The number of anilines is 1. The van der Waals surface area contributed by atoms with Crippen molar-refractivity contribution in [2.24, 2.45) is 5.73 Å². The Hall–Kier alpha value is -3.43. The molecule has 32 heavy (non-hydrogen) atoms. The molecule has 0 aliphatic carbocycles. The Kier molecular flexibility index (Phi) is 7.12. The second kappa shape index (κ2) is 9.80. The number of carboxylic acid groups (broad SMARTS) is 1. The fraction of sp³-hybridized carbons (Fsp3) is 0.261. The van der Waals surface area contributed by atoms with E-state index >= 15 is 0 Å². The van der Waals surface area contributed by atoms with Crippen molar-refractivity contribution in [2.45, 2.75) is 26.3 Å². The fourth-order valence-electron chi connectivity index (χ4n) is 3.30. The Bertz CT molecular complexity index is 1160. The Morgan fingerprint density at radius 3 is 2.50 bits per heavy atom. The predicted molar refractivity (Wildman–Crippen MR) is 124 cm³/mol. The summed E-state index contributed by atoms with van der Waals surface area (Å²) in [6.07, 6.45) is 1.30. The third-order valence-electron chi connectivity index (χ3n) is 5.17. The number of aromatic nitrogens is 1. The van der Waals surface area contributed by atoms with E-state index in [9.17, 15) is 9.59 Å². The monoisotopic (exact) mass is 455 g/mol. The van der Waals surface area contributed by atoms with Crippen LogP contribution in [0.15, 0.2) is 36.5 Å². The molecule has 0 radical (unpaired) electrons. The smallest absolute Gasteiger partial charge is 0.305 e. The first-order valence-corrected chi connectivity index (χ1v) is 10.6. The number of nitrogens with zero attached hydrogens (tertiary/aromatic N) is 1. The second-order valence-electron chi connectivity index (χ2n) is 7.30. The molecule has 8 nitrogen and oxygen atoms in total. The van der Waals surface area contributed by atoms with Gasteiger partial charge in [0.15, 0.2) is 0 Å². The minimum Gasteiger partial charge on any atom is -0.496 e. The minimum absolute atomic E-state index is 0.394.